The normalized spacial score (nSPS) is 19.3. The van der Waals surface area contributed by atoms with Crippen LogP contribution in [0.1, 0.15) is 4.88 Å². The van der Waals surface area contributed by atoms with E-state index in [9.17, 15) is 9.59 Å². The molecule has 3 rings (SSSR count). The Labute approximate surface area is 146 Å². The van der Waals surface area contributed by atoms with Crippen molar-refractivity contribution in [2.45, 2.75) is 6.54 Å². The lowest BCUT2D eigenvalue weighted by Crippen LogP contribution is -2.55. The maximum absolute atomic E-state index is 12.4. The Morgan fingerprint density at radius 3 is 2.46 bits per heavy atom. The summed E-state index contributed by atoms with van der Waals surface area (Å²) in [4.78, 5) is 31.4. The van der Waals surface area contributed by atoms with E-state index in [-0.39, 0.29) is 11.9 Å². The van der Waals surface area contributed by atoms with Gasteiger partial charge in [-0.1, -0.05) is 6.07 Å². The highest BCUT2D eigenvalue weighted by atomic mass is 32.1. The van der Waals surface area contributed by atoms with E-state index in [0.29, 0.717) is 52.5 Å². The first-order chi connectivity index (χ1) is 11.7. The summed E-state index contributed by atoms with van der Waals surface area (Å²) in [6.07, 6.45) is 0. The largest absolute Gasteiger partial charge is 0.378 e. The van der Waals surface area contributed by atoms with Crippen LogP contribution in [0.2, 0.25) is 0 Å². The lowest BCUT2D eigenvalue weighted by molar-refractivity contribution is -0.122. The summed E-state index contributed by atoms with van der Waals surface area (Å²) in [6, 6.07) is 4.10. The van der Waals surface area contributed by atoms with Crippen LogP contribution in [0.3, 0.4) is 0 Å². The Morgan fingerprint density at radius 1 is 1.08 bits per heavy atom. The van der Waals surface area contributed by atoms with Gasteiger partial charge in [0.15, 0.2) is 0 Å². The van der Waals surface area contributed by atoms with E-state index in [1.54, 1.807) is 11.3 Å². The van der Waals surface area contributed by atoms with Gasteiger partial charge in [-0.25, -0.2) is 4.79 Å². The fourth-order valence-corrected chi connectivity index (χ4v) is 3.55. The summed E-state index contributed by atoms with van der Waals surface area (Å²) in [7, 11) is 0. The van der Waals surface area contributed by atoms with Crippen LogP contribution in [0.5, 0.6) is 0 Å². The first kappa shape index (κ1) is 17.2. The van der Waals surface area contributed by atoms with Crippen molar-refractivity contribution in [3.05, 3.63) is 22.4 Å². The zero-order valence-electron chi connectivity index (χ0n) is 13.8. The summed E-state index contributed by atoms with van der Waals surface area (Å²) in [5.74, 6) is 0.0383. The molecule has 0 bridgehead atoms. The summed E-state index contributed by atoms with van der Waals surface area (Å²) >= 11 is 1.64. The van der Waals surface area contributed by atoms with Crippen molar-refractivity contribution in [3.8, 4) is 0 Å². The van der Waals surface area contributed by atoms with Gasteiger partial charge in [0.2, 0.25) is 5.91 Å². The van der Waals surface area contributed by atoms with Crippen LogP contribution < -0.4 is 5.32 Å². The molecule has 0 aliphatic carbocycles. The molecule has 8 heteroatoms. The van der Waals surface area contributed by atoms with E-state index in [1.165, 1.54) is 0 Å². The Hall–Kier alpha value is -1.64. The third kappa shape index (κ3) is 4.68. The molecule has 1 N–H and O–H groups in total. The molecule has 3 amide bonds. The average molecular weight is 352 g/mol. The molecule has 1 aromatic heterocycles. The standard InChI is InChI=1S/C16H24N4O3S/c21-15(17-12-14-2-1-11-24-14)13-18-3-5-19(6-4-18)16(22)20-7-9-23-10-8-20/h1-2,11H,3-10,12-13H2,(H,17,21). The third-order valence-electron chi connectivity index (χ3n) is 4.33. The Morgan fingerprint density at radius 2 is 1.79 bits per heavy atom. The van der Waals surface area contributed by atoms with Crippen molar-refractivity contribution in [1.82, 2.24) is 20.0 Å². The van der Waals surface area contributed by atoms with Gasteiger partial charge >= 0.3 is 6.03 Å². The molecule has 0 spiro atoms. The van der Waals surface area contributed by atoms with E-state index in [1.807, 2.05) is 27.3 Å². The molecule has 132 valence electrons. The maximum Gasteiger partial charge on any atom is 0.320 e. The molecule has 2 aliphatic rings. The number of hydrogen-bond acceptors (Lipinski definition) is 5. The summed E-state index contributed by atoms with van der Waals surface area (Å²) in [5, 5.41) is 4.95. The second-order valence-electron chi connectivity index (χ2n) is 6.00. The number of rotatable bonds is 4. The minimum atomic E-state index is 0.0383. The number of ether oxygens (including phenoxy) is 1. The summed E-state index contributed by atoms with van der Waals surface area (Å²) in [5.41, 5.74) is 0. The lowest BCUT2D eigenvalue weighted by Gasteiger charge is -2.38. The zero-order valence-corrected chi connectivity index (χ0v) is 14.6. The number of carbonyl (C=O) groups is 2. The van der Waals surface area contributed by atoms with E-state index in [4.69, 9.17) is 4.74 Å². The van der Waals surface area contributed by atoms with Crippen LogP contribution in [0.25, 0.3) is 0 Å². The number of hydrogen-bond donors (Lipinski definition) is 1. The number of thiophene rings is 1. The molecule has 2 fully saturated rings. The number of nitrogens with zero attached hydrogens (tertiary/aromatic N) is 3. The van der Waals surface area contributed by atoms with Crippen LogP contribution >= 0.6 is 11.3 Å². The van der Waals surface area contributed by atoms with Crippen molar-refractivity contribution in [2.75, 3.05) is 59.0 Å². The quantitative estimate of drug-likeness (QED) is 0.854. The molecular formula is C16H24N4O3S. The van der Waals surface area contributed by atoms with Gasteiger partial charge in [0.05, 0.1) is 26.3 Å². The fraction of sp³-hybridized carbons (Fsp3) is 0.625. The number of urea groups is 1. The van der Waals surface area contributed by atoms with E-state index >= 15 is 0 Å². The third-order valence-corrected chi connectivity index (χ3v) is 5.21. The Kier molecular flexibility index (Phi) is 6.06. The van der Waals surface area contributed by atoms with E-state index in [2.05, 4.69) is 10.2 Å². The minimum Gasteiger partial charge on any atom is -0.378 e. The van der Waals surface area contributed by atoms with Gasteiger partial charge in [0.25, 0.3) is 0 Å². The number of carbonyl (C=O) groups excluding carboxylic acids is 2. The SMILES string of the molecule is O=C(CN1CCN(C(=O)N2CCOCC2)CC1)NCc1cccs1. The molecule has 2 saturated heterocycles. The second-order valence-corrected chi connectivity index (χ2v) is 7.03. The average Bonchev–Trinajstić information content (AvgIpc) is 3.14. The molecule has 24 heavy (non-hydrogen) atoms. The van der Waals surface area contributed by atoms with Gasteiger partial charge in [0, 0.05) is 44.1 Å². The molecule has 0 atom stereocenters. The predicted molar refractivity (Wildman–Crippen MR) is 92.0 cm³/mol. The molecular weight excluding hydrogens is 328 g/mol. The number of morpholine rings is 1. The molecule has 3 heterocycles. The highest BCUT2D eigenvalue weighted by Gasteiger charge is 2.26. The van der Waals surface area contributed by atoms with Crippen molar-refractivity contribution < 1.29 is 14.3 Å². The highest BCUT2D eigenvalue weighted by molar-refractivity contribution is 7.09. The second kappa shape index (κ2) is 8.46. The number of piperazine rings is 1. The fourth-order valence-electron chi connectivity index (χ4n) is 2.91. The van der Waals surface area contributed by atoms with Crippen LogP contribution in [0, 0.1) is 0 Å². The van der Waals surface area contributed by atoms with Crippen molar-refractivity contribution in [3.63, 3.8) is 0 Å². The van der Waals surface area contributed by atoms with Gasteiger partial charge in [-0.2, -0.15) is 0 Å². The predicted octanol–water partition coefficient (Wildman–Crippen LogP) is 0.434. The molecule has 0 saturated carbocycles. The van der Waals surface area contributed by atoms with Gasteiger partial charge < -0.3 is 19.9 Å². The summed E-state index contributed by atoms with van der Waals surface area (Å²) in [6.45, 7) is 6.39. The van der Waals surface area contributed by atoms with E-state index in [0.717, 1.165) is 18.0 Å². The van der Waals surface area contributed by atoms with Crippen LogP contribution in [0.4, 0.5) is 4.79 Å². The zero-order chi connectivity index (χ0) is 16.8. The van der Waals surface area contributed by atoms with Crippen molar-refractivity contribution in [1.29, 1.82) is 0 Å². The van der Waals surface area contributed by atoms with Gasteiger partial charge in [-0.05, 0) is 11.4 Å². The summed E-state index contributed by atoms with van der Waals surface area (Å²) < 4.78 is 5.28. The van der Waals surface area contributed by atoms with Crippen molar-refractivity contribution in [2.24, 2.45) is 0 Å². The highest BCUT2D eigenvalue weighted by Crippen LogP contribution is 2.09. The van der Waals surface area contributed by atoms with Crippen LogP contribution in [-0.2, 0) is 16.1 Å². The number of amides is 3. The molecule has 7 nitrogen and oxygen atoms in total. The smallest absolute Gasteiger partial charge is 0.320 e. The van der Waals surface area contributed by atoms with Gasteiger partial charge in [-0.15, -0.1) is 11.3 Å². The molecule has 0 unspecified atom stereocenters. The number of nitrogens with one attached hydrogen (secondary N) is 1. The maximum atomic E-state index is 12.4. The topological polar surface area (TPSA) is 65.1 Å². The Bertz CT molecular complexity index is 538. The van der Waals surface area contributed by atoms with Crippen molar-refractivity contribution >= 4 is 23.3 Å². The first-order valence-electron chi connectivity index (χ1n) is 8.35. The van der Waals surface area contributed by atoms with Gasteiger partial charge in [-0.3, -0.25) is 9.69 Å². The van der Waals surface area contributed by atoms with Crippen LogP contribution in [-0.4, -0.2) is 85.7 Å². The van der Waals surface area contributed by atoms with Crippen LogP contribution in [0.15, 0.2) is 17.5 Å². The first-order valence-corrected chi connectivity index (χ1v) is 9.23. The Balaban J connectivity index is 1.36. The molecule has 0 aromatic carbocycles. The van der Waals surface area contributed by atoms with Gasteiger partial charge in [0.1, 0.15) is 0 Å². The monoisotopic (exact) mass is 352 g/mol. The molecule has 0 radical (unpaired) electrons. The lowest BCUT2D eigenvalue weighted by atomic mass is 10.3. The molecule has 2 aliphatic heterocycles. The minimum absolute atomic E-state index is 0.0383. The van der Waals surface area contributed by atoms with E-state index < -0.39 is 0 Å². The molecule has 1 aromatic rings.